The molecule has 4 aromatic rings. The van der Waals surface area contributed by atoms with E-state index in [1.54, 1.807) is 41.3 Å². The molecule has 3 heterocycles. The lowest BCUT2D eigenvalue weighted by Gasteiger charge is -2.37. The highest BCUT2D eigenvalue weighted by Crippen LogP contribution is 2.60. The number of ether oxygens (including phenoxy) is 3. The molecular formula is C41H47N3O7Si. The van der Waals surface area contributed by atoms with Gasteiger partial charge in [-0.25, -0.2) is 0 Å². The van der Waals surface area contributed by atoms with Crippen molar-refractivity contribution in [3.05, 3.63) is 125 Å². The largest absolute Gasteiger partial charge is 0.497 e. The lowest BCUT2D eigenvalue weighted by molar-refractivity contribution is -0.149. The molecule has 3 aromatic carbocycles. The number of anilines is 1. The van der Waals surface area contributed by atoms with Gasteiger partial charge in [0.15, 0.2) is 11.4 Å². The predicted octanol–water partition coefficient (Wildman–Crippen LogP) is 5.01. The molecular weight excluding hydrogens is 675 g/mol. The van der Waals surface area contributed by atoms with Gasteiger partial charge in [-0.05, 0) is 53.6 Å². The van der Waals surface area contributed by atoms with Gasteiger partial charge in [-0.15, -0.1) is 6.58 Å². The first kappa shape index (κ1) is 36.8. The van der Waals surface area contributed by atoms with Crippen LogP contribution in [0.15, 0.2) is 109 Å². The summed E-state index contributed by atoms with van der Waals surface area (Å²) < 4.78 is 19.5. The first-order valence-electron chi connectivity index (χ1n) is 17.6. The van der Waals surface area contributed by atoms with E-state index in [0.717, 1.165) is 16.5 Å². The van der Waals surface area contributed by atoms with Crippen LogP contribution in [0.1, 0.15) is 24.5 Å². The van der Waals surface area contributed by atoms with Crippen LogP contribution in [0.5, 0.6) is 11.5 Å². The van der Waals surface area contributed by atoms with Crippen molar-refractivity contribution in [1.82, 2.24) is 9.47 Å². The third-order valence-electron chi connectivity index (χ3n) is 10.9. The number of hydrogen-bond donors (Lipinski definition) is 1. The maximum atomic E-state index is 14.9. The molecule has 1 N–H and O–H groups in total. The Labute approximate surface area is 305 Å². The van der Waals surface area contributed by atoms with Gasteiger partial charge in [0.1, 0.15) is 5.75 Å². The fraction of sp³-hybridized carbons (Fsp3) is 0.341. The van der Waals surface area contributed by atoms with Crippen molar-refractivity contribution in [3.8, 4) is 17.2 Å². The van der Waals surface area contributed by atoms with Crippen LogP contribution < -0.4 is 25.1 Å². The Bertz CT molecular complexity index is 2000. The molecule has 10 nitrogen and oxygen atoms in total. The topological polar surface area (TPSA) is 111 Å². The average molecular weight is 722 g/mol. The molecule has 1 fully saturated rings. The van der Waals surface area contributed by atoms with E-state index >= 15 is 0 Å². The zero-order valence-corrected chi connectivity index (χ0v) is 31.5. The molecule has 0 radical (unpaired) electrons. The highest BCUT2D eigenvalue weighted by molar-refractivity contribution is 6.91. The third-order valence-corrected chi connectivity index (χ3v) is 15.2. The van der Waals surface area contributed by atoms with Crippen molar-refractivity contribution in [2.45, 2.75) is 50.2 Å². The summed E-state index contributed by atoms with van der Waals surface area (Å²) in [7, 11) is 0.539. The molecule has 1 spiro atoms. The number of aliphatic hydroxyl groups excluding tert-OH is 1. The summed E-state index contributed by atoms with van der Waals surface area (Å²) in [5.74, 6) is 0.186. The molecule has 52 heavy (non-hydrogen) atoms. The molecule has 0 unspecified atom stereocenters. The summed E-state index contributed by atoms with van der Waals surface area (Å²) >= 11 is 0. The third kappa shape index (κ3) is 6.37. The van der Waals surface area contributed by atoms with Crippen LogP contribution >= 0.6 is 0 Å². The van der Waals surface area contributed by atoms with Gasteiger partial charge in [0.25, 0.3) is 11.5 Å². The number of rotatable bonds is 13. The molecule has 6 rings (SSSR count). The Morgan fingerprint density at radius 2 is 1.75 bits per heavy atom. The van der Waals surface area contributed by atoms with Crippen LogP contribution in [-0.4, -0.2) is 74.5 Å². The minimum atomic E-state index is -2.55. The summed E-state index contributed by atoms with van der Waals surface area (Å²) in [6.07, 6.45) is 2.75. The summed E-state index contributed by atoms with van der Waals surface area (Å²) in [6, 6.07) is 26.6. The van der Waals surface area contributed by atoms with E-state index in [4.69, 9.17) is 14.2 Å². The Morgan fingerprint density at radius 1 is 1.02 bits per heavy atom. The monoisotopic (exact) mass is 721 g/mol. The van der Waals surface area contributed by atoms with E-state index < -0.39 is 19.8 Å². The minimum absolute atomic E-state index is 0.0231. The van der Waals surface area contributed by atoms with Crippen molar-refractivity contribution >= 4 is 30.8 Å². The second-order valence-electron chi connectivity index (χ2n) is 14.0. The number of carbonyl (C=O) groups excluding carboxylic acids is 2. The SMILES string of the molecule is C=CCN1C(=O)[C@]2(O[C@H](CC(=O)N(CCO)Cc3ccccc3)[C@@H]([Si](C)(C)c3ccc(OC)cc3)[C@@H]2C)c2cc(-n3cccc(OC)c3=O)ccc21. The van der Waals surface area contributed by atoms with Gasteiger partial charge >= 0.3 is 0 Å². The van der Waals surface area contributed by atoms with E-state index in [1.807, 2.05) is 60.7 Å². The number of hydrogen-bond acceptors (Lipinski definition) is 7. The van der Waals surface area contributed by atoms with Crippen molar-refractivity contribution in [2.24, 2.45) is 5.92 Å². The van der Waals surface area contributed by atoms with E-state index in [1.165, 1.54) is 11.7 Å². The average Bonchev–Trinajstić information content (AvgIpc) is 3.57. The maximum Gasteiger partial charge on any atom is 0.297 e. The van der Waals surface area contributed by atoms with Gasteiger partial charge < -0.3 is 29.1 Å². The summed E-state index contributed by atoms with van der Waals surface area (Å²) in [4.78, 5) is 46.0. The number of benzene rings is 3. The Hall–Kier alpha value is -4.97. The van der Waals surface area contributed by atoms with Crippen LogP contribution in [0.25, 0.3) is 5.69 Å². The van der Waals surface area contributed by atoms with Gasteiger partial charge in [0.05, 0.1) is 47.1 Å². The van der Waals surface area contributed by atoms with Gasteiger partial charge in [0, 0.05) is 43.0 Å². The highest BCUT2D eigenvalue weighted by atomic mass is 28.3. The number of methoxy groups -OCH3 is 2. The van der Waals surface area contributed by atoms with Gasteiger partial charge in [0.2, 0.25) is 5.91 Å². The Morgan fingerprint density at radius 3 is 2.40 bits per heavy atom. The highest BCUT2D eigenvalue weighted by Gasteiger charge is 2.66. The van der Waals surface area contributed by atoms with Gasteiger partial charge in [-0.3, -0.25) is 19.0 Å². The zero-order chi connectivity index (χ0) is 37.2. The number of amides is 2. The molecule has 1 saturated heterocycles. The van der Waals surface area contributed by atoms with Crippen LogP contribution in [0.2, 0.25) is 18.6 Å². The molecule has 2 aliphatic heterocycles. The zero-order valence-electron chi connectivity index (χ0n) is 30.5. The number of pyridine rings is 1. The summed E-state index contributed by atoms with van der Waals surface area (Å²) in [5, 5.41) is 11.1. The lowest BCUT2D eigenvalue weighted by atomic mass is 9.82. The van der Waals surface area contributed by atoms with E-state index in [2.05, 4.69) is 38.7 Å². The minimum Gasteiger partial charge on any atom is -0.497 e. The number of aromatic nitrogens is 1. The first-order valence-corrected chi connectivity index (χ1v) is 20.7. The molecule has 0 aliphatic carbocycles. The molecule has 0 bridgehead atoms. The molecule has 11 heteroatoms. The summed E-state index contributed by atoms with van der Waals surface area (Å²) in [5.41, 5.74) is 0.874. The van der Waals surface area contributed by atoms with Crippen LogP contribution in [-0.2, 0) is 26.5 Å². The fourth-order valence-corrected chi connectivity index (χ4v) is 12.3. The van der Waals surface area contributed by atoms with Crippen LogP contribution in [0.3, 0.4) is 0 Å². The molecule has 0 saturated carbocycles. The first-order chi connectivity index (χ1) is 25.0. The van der Waals surface area contributed by atoms with Crippen LogP contribution in [0, 0.1) is 5.92 Å². The second-order valence-corrected chi connectivity index (χ2v) is 18.7. The van der Waals surface area contributed by atoms with E-state index in [9.17, 15) is 19.5 Å². The molecule has 2 aliphatic rings. The van der Waals surface area contributed by atoms with Crippen molar-refractivity contribution in [1.29, 1.82) is 0 Å². The quantitative estimate of drug-likeness (QED) is 0.153. The molecule has 2 amide bonds. The fourth-order valence-electron chi connectivity index (χ4n) is 8.31. The molecule has 1 aromatic heterocycles. The van der Waals surface area contributed by atoms with Gasteiger partial charge in [-0.2, -0.15) is 0 Å². The van der Waals surface area contributed by atoms with Crippen molar-refractivity contribution in [2.75, 3.05) is 38.8 Å². The second kappa shape index (κ2) is 14.9. The normalized spacial score (nSPS) is 20.9. The summed E-state index contributed by atoms with van der Waals surface area (Å²) in [6.45, 7) is 11.1. The van der Waals surface area contributed by atoms with Crippen molar-refractivity contribution in [3.63, 3.8) is 0 Å². The molecule has 272 valence electrons. The van der Waals surface area contributed by atoms with E-state index in [0.29, 0.717) is 23.5 Å². The van der Waals surface area contributed by atoms with E-state index in [-0.39, 0.29) is 60.7 Å². The number of fused-ring (bicyclic) bond motifs is 2. The standard InChI is InChI=1S/C41H47N3O7Si/c1-7-21-44-34-20-15-30(43-22-11-14-35(50-4)39(43)47)25-33(34)41(40(44)48)28(2)38(52(5,6)32-18-16-31(49-3)17-19-32)36(51-41)26-37(46)42(23-24-45)27-29-12-9-8-10-13-29/h7-20,22,25,28,36,38,45H,1,21,23-24,26-27H2,2-6H3/t28-,36+,38-,41+/m0/s1. The smallest absolute Gasteiger partial charge is 0.297 e. The Balaban J connectivity index is 1.49. The van der Waals surface area contributed by atoms with Gasteiger partial charge in [-0.1, -0.05) is 73.7 Å². The maximum absolute atomic E-state index is 14.9. The number of carbonyl (C=O) groups is 2. The number of aliphatic hydroxyl groups is 1. The number of nitrogens with zero attached hydrogens (tertiary/aromatic N) is 3. The van der Waals surface area contributed by atoms with Crippen molar-refractivity contribution < 1.29 is 28.9 Å². The van der Waals surface area contributed by atoms with Crippen LogP contribution in [0.4, 0.5) is 5.69 Å². The predicted molar refractivity (Wildman–Crippen MR) is 204 cm³/mol. The Kier molecular flexibility index (Phi) is 10.6. The molecule has 4 atom stereocenters. The lowest BCUT2D eigenvalue weighted by Crippen LogP contribution is -2.52.